The van der Waals surface area contributed by atoms with Crippen LogP contribution in [0, 0.1) is 0 Å². The summed E-state index contributed by atoms with van der Waals surface area (Å²) in [6, 6.07) is 45.3. The van der Waals surface area contributed by atoms with Crippen LogP contribution in [0.15, 0.2) is 132 Å². The van der Waals surface area contributed by atoms with E-state index in [9.17, 15) is 0 Å². The second-order valence-electron chi connectivity index (χ2n) is 10.7. The average Bonchev–Trinajstić information content (AvgIpc) is 3.84. The van der Waals surface area contributed by atoms with Crippen LogP contribution in [-0.4, -0.2) is 0 Å². The van der Waals surface area contributed by atoms with Gasteiger partial charge in [-0.1, -0.05) is 72.8 Å². The minimum atomic E-state index is 1.24. The third-order valence-electron chi connectivity index (χ3n) is 8.07. The van der Waals surface area contributed by atoms with E-state index in [0.717, 1.165) is 0 Å². The van der Waals surface area contributed by atoms with Gasteiger partial charge in [-0.15, -0.1) is 45.3 Å². The highest BCUT2D eigenvalue weighted by Crippen LogP contribution is 2.39. The molecule has 0 atom stereocenters. The molecule has 0 nitrogen and oxygen atoms in total. The number of fused-ring (bicyclic) bond motifs is 4. The zero-order valence-corrected chi connectivity index (χ0v) is 25.6. The summed E-state index contributed by atoms with van der Waals surface area (Å²) in [5.41, 5.74) is 7.52. The van der Waals surface area contributed by atoms with Crippen LogP contribution in [0.5, 0.6) is 0 Å². The Balaban J connectivity index is 0.946. The normalized spacial score (nSPS) is 11.8. The van der Waals surface area contributed by atoms with Gasteiger partial charge < -0.3 is 0 Å². The molecule has 0 unspecified atom stereocenters. The van der Waals surface area contributed by atoms with E-state index in [2.05, 4.69) is 132 Å². The largest absolute Gasteiger partial charge is 0.144 e. The van der Waals surface area contributed by atoms with Gasteiger partial charge in [-0.05, 0) is 114 Å². The molecule has 0 aliphatic rings. The molecule has 4 heteroatoms. The first-order valence-electron chi connectivity index (χ1n) is 13.9. The van der Waals surface area contributed by atoms with Gasteiger partial charge in [-0.25, -0.2) is 0 Å². The maximum absolute atomic E-state index is 2.33. The summed E-state index contributed by atoms with van der Waals surface area (Å²) in [6.45, 7) is 0. The van der Waals surface area contributed by atoms with Crippen LogP contribution < -0.4 is 0 Å². The van der Waals surface area contributed by atoms with Gasteiger partial charge in [0.2, 0.25) is 0 Å². The summed E-state index contributed by atoms with van der Waals surface area (Å²) in [5.74, 6) is 0. The van der Waals surface area contributed by atoms with E-state index in [0.29, 0.717) is 0 Å². The Kier molecular flexibility index (Phi) is 5.70. The Hall–Kier alpha value is -4.06. The van der Waals surface area contributed by atoms with E-state index < -0.39 is 0 Å². The monoisotopic (exact) mass is 606 g/mol. The van der Waals surface area contributed by atoms with Crippen LogP contribution in [-0.2, 0) is 0 Å². The fourth-order valence-electron chi connectivity index (χ4n) is 5.78. The average molecular weight is 607 g/mol. The molecule has 0 fully saturated rings. The van der Waals surface area contributed by atoms with Crippen molar-refractivity contribution in [2.24, 2.45) is 0 Å². The first-order valence-corrected chi connectivity index (χ1v) is 17.3. The zero-order chi connectivity index (χ0) is 27.6. The Morgan fingerprint density at radius 1 is 0.286 bits per heavy atom. The smallest absolute Gasteiger partial charge is 0.0356 e. The molecular formula is C38H22S4. The van der Waals surface area contributed by atoms with Crippen molar-refractivity contribution in [3.8, 4) is 43.1 Å². The molecule has 9 rings (SSSR count). The summed E-state index contributed by atoms with van der Waals surface area (Å²) < 4.78 is 5.43. The number of thiophene rings is 4. The molecule has 9 aromatic rings. The van der Waals surface area contributed by atoms with Crippen LogP contribution in [0.2, 0.25) is 0 Å². The number of hydrogen-bond acceptors (Lipinski definition) is 4. The van der Waals surface area contributed by atoms with Gasteiger partial charge in [0.25, 0.3) is 0 Å². The maximum Gasteiger partial charge on any atom is 0.0356 e. The molecular weight excluding hydrogens is 585 g/mol. The SMILES string of the molecule is c1cc2cc3sc(-c4ccc(-c5ccc(-c6ccc(-c7cc8cc9sccc9cc8s7)cc6)cc5)cc4)cc3cc2s1. The fourth-order valence-corrected chi connectivity index (χ4v) is 9.62. The van der Waals surface area contributed by atoms with Gasteiger partial charge >= 0.3 is 0 Å². The predicted molar refractivity (Wildman–Crippen MR) is 190 cm³/mol. The minimum absolute atomic E-state index is 1.24. The predicted octanol–water partition coefficient (Wildman–Crippen LogP) is 13.2. The maximum atomic E-state index is 2.33. The fraction of sp³-hybridized carbons (Fsp3) is 0. The Labute approximate surface area is 259 Å². The highest BCUT2D eigenvalue weighted by Gasteiger charge is 2.09. The second-order valence-corrected chi connectivity index (χ2v) is 14.7. The van der Waals surface area contributed by atoms with Crippen LogP contribution in [0.25, 0.3) is 83.5 Å². The van der Waals surface area contributed by atoms with Gasteiger partial charge in [0, 0.05) is 28.6 Å². The zero-order valence-electron chi connectivity index (χ0n) is 22.3. The van der Waals surface area contributed by atoms with E-state index in [4.69, 9.17) is 0 Å². The van der Waals surface area contributed by atoms with Gasteiger partial charge in [0.05, 0.1) is 0 Å². The summed E-state index contributed by atoms with van der Waals surface area (Å²) in [4.78, 5) is 2.65. The van der Waals surface area contributed by atoms with Crippen molar-refractivity contribution in [1.29, 1.82) is 0 Å². The molecule has 0 bridgehead atoms. The first kappa shape index (κ1) is 24.5. The molecule has 4 aromatic heterocycles. The van der Waals surface area contributed by atoms with Crippen molar-refractivity contribution < 1.29 is 0 Å². The molecule has 5 aromatic carbocycles. The lowest BCUT2D eigenvalue weighted by Crippen LogP contribution is -1.82. The van der Waals surface area contributed by atoms with Crippen molar-refractivity contribution in [3.63, 3.8) is 0 Å². The third kappa shape index (κ3) is 4.22. The van der Waals surface area contributed by atoms with Crippen molar-refractivity contribution in [2.75, 3.05) is 0 Å². The molecule has 42 heavy (non-hydrogen) atoms. The van der Waals surface area contributed by atoms with Crippen LogP contribution in [0.3, 0.4) is 0 Å². The van der Waals surface area contributed by atoms with Crippen molar-refractivity contribution in [3.05, 3.63) is 132 Å². The van der Waals surface area contributed by atoms with Crippen molar-refractivity contribution in [1.82, 2.24) is 0 Å². The van der Waals surface area contributed by atoms with Crippen LogP contribution >= 0.6 is 45.3 Å². The first-order chi connectivity index (χ1) is 20.7. The summed E-state index contributed by atoms with van der Waals surface area (Å²) in [7, 11) is 0. The summed E-state index contributed by atoms with van der Waals surface area (Å²) in [5, 5.41) is 9.69. The van der Waals surface area contributed by atoms with E-state index >= 15 is 0 Å². The number of benzene rings is 5. The molecule has 0 amide bonds. The lowest BCUT2D eigenvalue weighted by atomic mass is 9.98. The third-order valence-corrected chi connectivity index (χ3v) is 12.1. The lowest BCUT2D eigenvalue weighted by Gasteiger charge is -2.07. The van der Waals surface area contributed by atoms with Gasteiger partial charge in [-0.3, -0.25) is 0 Å². The van der Waals surface area contributed by atoms with E-state index in [1.54, 1.807) is 0 Å². The van der Waals surface area contributed by atoms with E-state index in [1.165, 1.54) is 83.5 Å². The lowest BCUT2D eigenvalue weighted by molar-refractivity contribution is 1.59. The minimum Gasteiger partial charge on any atom is -0.144 e. The van der Waals surface area contributed by atoms with Crippen molar-refractivity contribution in [2.45, 2.75) is 0 Å². The highest BCUT2D eigenvalue weighted by molar-refractivity contribution is 7.23. The molecule has 0 aliphatic heterocycles. The highest BCUT2D eigenvalue weighted by atomic mass is 32.1. The molecule has 0 N–H and O–H groups in total. The summed E-state index contributed by atoms with van der Waals surface area (Å²) >= 11 is 7.38. The second kappa shape index (κ2) is 9.75. The quantitative estimate of drug-likeness (QED) is 0.187. The molecule has 198 valence electrons. The summed E-state index contributed by atoms with van der Waals surface area (Å²) in [6.07, 6.45) is 0. The van der Waals surface area contributed by atoms with E-state index in [-0.39, 0.29) is 0 Å². The molecule has 0 aliphatic carbocycles. The molecule has 0 saturated carbocycles. The van der Waals surface area contributed by atoms with Gasteiger partial charge in [0.15, 0.2) is 0 Å². The standard InChI is InChI=1S/C38H22S4/c1-2-24(26-7-11-28(12-8-26)36-22-32-20-34-30(14-16-40-34)18-38(32)42-36)4-3-23(1)25-5-9-27(10-6-25)35-21-31-19-33-29(13-15-39-33)17-37(31)41-35/h1-22H. The topological polar surface area (TPSA) is 0 Å². The number of rotatable bonds is 4. The van der Waals surface area contributed by atoms with Crippen LogP contribution in [0.1, 0.15) is 0 Å². The Bertz CT molecular complexity index is 2110. The Morgan fingerprint density at radius 2 is 0.619 bits per heavy atom. The molecule has 0 radical (unpaired) electrons. The van der Waals surface area contributed by atoms with Crippen molar-refractivity contribution >= 4 is 85.7 Å². The van der Waals surface area contributed by atoms with Gasteiger partial charge in [0.1, 0.15) is 0 Å². The molecule has 0 spiro atoms. The molecule has 0 saturated heterocycles. The van der Waals surface area contributed by atoms with E-state index in [1.807, 2.05) is 45.3 Å². The molecule has 4 heterocycles. The number of hydrogen-bond donors (Lipinski definition) is 0. The van der Waals surface area contributed by atoms with Gasteiger partial charge in [-0.2, -0.15) is 0 Å². The Morgan fingerprint density at radius 3 is 1.00 bits per heavy atom. The van der Waals surface area contributed by atoms with Crippen LogP contribution in [0.4, 0.5) is 0 Å².